The molecule has 170 valence electrons. The molecule has 0 radical (unpaired) electrons. The number of phenolic OH excluding ortho intramolecular Hbond substituents is 1. The first-order chi connectivity index (χ1) is 14.0. The summed E-state index contributed by atoms with van der Waals surface area (Å²) in [5.41, 5.74) is -2.15. The number of hydrogen-bond donors (Lipinski definition) is 6. The molecule has 7 atom stereocenters. The third kappa shape index (κ3) is 4.94. The maximum Gasteiger partial charge on any atom is 0.340 e. The lowest BCUT2D eigenvalue weighted by Crippen LogP contribution is -2.60. The van der Waals surface area contributed by atoms with E-state index in [1.807, 2.05) is 0 Å². The van der Waals surface area contributed by atoms with Crippen molar-refractivity contribution in [3.63, 3.8) is 0 Å². The SMILES string of the molecule is CC[C@@](O)(C(=O)OC[C@H]1O[C@@H](Oc2ccc(O)cc2OC)[C@H](O)[C@@H](O)[C@@H]1O)[C@@H](C)O. The molecule has 0 aromatic heterocycles. The summed E-state index contributed by atoms with van der Waals surface area (Å²) in [5, 5.41) is 59.8. The van der Waals surface area contributed by atoms with E-state index in [-0.39, 0.29) is 23.7 Å². The van der Waals surface area contributed by atoms with E-state index in [2.05, 4.69) is 0 Å². The number of ether oxygens (including phenoxy) is 4. The average Bonchev–Trinajstić information content (AvgIpc) is 2.73. The molecule has 0 bridgehead atoms. The van der Waals surface area contributed by atoms with Gasteiger partial charge in [-0.3, -0.25) is 0 Å². The Labute approximate surface area is 173 Å². The highest BCUT2D eigenvalue weighted by Gasteiger charge is 2.47. The molecule has 1 saturated heterocycles. The van der Waals surface area contributed by atoms with Gasteiger partial charge < -0.3 is 49.6 Å². The summed E-state index contributed by atoms with van der Waals surface area (Å²) in [6.45, 7) is 2.12. The van der Waals surface area contributed by atoms with E-state index in [0.717, 1.165) is 0 Å². The van der Waals surface area contributed by atoms with Crippen LogP contribution in [0.15, 0.2) is 18.2 Å². The van der Waals surface area contributed by atoms with Gasteiger partial charge in [0.2, 0.25) is 6.29 Å². The third-order valence-electron chi connectivity index (χ3n) is 5.02. The fraction of sp³-hybridized carbons (Fsp3) is 0.632. The van der Waals surface area contributed by atoms with Crippen molar-refractivity contribution in [2.24, 2.45) is 0 Å². The monoisotopic (exact) mass is 432 g/mol. The summed E-state index contributed by atoms with van der Waals surface area (Å²) in [7, 11) is 1.33. The van der Waals surface area contributed by atoms with E-state index in [4.69, 9.17) is 18.9 Å². The zero-order chi connectivity index (χ0) is 22.6. The van der Waals surface area contributed by atoms with E-state index >= 15 is 0 Å². The fourth-order valence-corrected chi connectivity index (χ4v) is 2.92. The van der Waals surface area contributed by atoms with Gasteiger partial charge in [0, 0.05) is 6.07 Å². The highest BCUT2D eigenvalue weighted by atomic mass is 16.7. The highest BCUT2D eigenvalue weighted by Crippen LogP contribution is 2.33. The molecule has 30 heavy (non-hydrogen) atoms. The molecule has 1 fully saturated rings. The molecular formula is C19H28O11. The number of hydrogen-bond acceptors (Lipinski definition) is 11. The van der Waals surface area contributed by atoms with Crippen molar-refractivity contribution >= 4 is 5.97 Å². The number of aliphatic hydroxyl groups is 5. The first kappa shape index (κ1) is 24.1. The third-order valence-corrected chi connectivity index (χ3v) is 5.02. The van der Waals surface area contributed by atoms with E-state index in [1.165, 1.54) is 39.2 Å². The Morgan fingerprint density at radius 2 is 1.87 bits per heavy atom. The summed E-state index contributed by atoms with van der Waals surface area (Å²) in [6, 6.07) is 3.91. The summed E-state index contributed by atoms with van der Waals surface area (Å²) >= 11 is 0. The lowest BCUT2D eigenvalue weighted by molar-refractivity contribution is -0.280. The Kier molecular flexibility index (Phi) is 7.86. The number of esters is 1. The van der Waals surface area contributed by atoms with Gasteiger partial charge in [-0.05, 0) is 25.5 Å². The van der Waals surface area contributed by atoms with Crippen molar-refractivity contribution in [1.29, 1.82) is 0 Å². The normalized spacial score (nSPS) is 29.5. The molecule has 2 rings (SSSR count). The zero-order valence-corrected chi connectivity index (χ0v) is 16.8. The molecule has 11 heteroatoms. The van der Waals surface area contributed by atoms with Crippen LogP contribution in [-0.2, 0) is 14.3 Å². The molecule has 0 unspecified atom stereocenters. The van der Waals surface area contributed by atoms with Crippen molar-refractivity contribution in [3.05, 3.63) is 18.2 Å². The van der Waals surface area contributed by atoms with E-state index < -0.39 is 55.0 Å². The van der Waals surface area contributed by atoms with Crippen LogP contribution in [0.2, 0.25) is 0 Å². The standard InChI is InChI=1S/C19H28O11/c1-4-19(26,9(2)20)18(25)28-8-13-14(22)15(23)16(24)17(30-13)29-11-6-5-10(21)7-12(11)27-3/h5-7,9,13-17,20-24,26H,4,8H2,1-3H3/t9-,13-,14-,15+,16-,17-,19+/m1/s1. The second kappa shape index (κ2) is 9.77. The predicted octanol–water partition coefficient (Wildman–Crippen LogP) is -1.35. The molecule has 0 spiro atoms. The summed E-state index contributed by atoms with van der Waals surface area (Å²) in [4.78, 5) is 12.2. The van der Waals surface area contributed by atoms with Crippen LogP contribution in [0.5, 0.6) is 17.2 Å². The molecule has 0 aliphatic carbocycles. The van der Waals surface area contributed by atoms with Gasteiger partial charge in [0.15, 0.2) is 17.1 Å². The smallest absolute Gasteiger partial charge is 0.340 e. The highest BCUT2D eigenvalue weighted by molar-refractivity contribution is 5.80. The van der Waals surface area contributed by atoms with Crippen molar-refractivity contribution in [2.75, 3.05) is 13.7 Å². The number of aliphatic hydroxyl groups excluding tert-OH is 4. The van der Waals surface area contributed by atoms with Crippen molar-refractivity contribution in [2.45, 2.75) is 62.7 Å². The van der Waals surface area contributed by atoms with Crippen LogP contribution in [0, 0.1) is 0 Å². The van der Waals surface area contributed by atoms with Crippen LogP contribution in [0.3, 0.4) is 0 Å². The van der Waals surface area contributed by atoms with Crippen molar-refractivity contribution in [3.8, 4) is 17.2 Å². The van der Waals surface area contributed by atoms with Crippen LogP contribution in [0.25, 0.3) is 0 Å². The molecule has 1 aromatic rings. The first-order valence-corrected chi connectivity index (χ1v) is 9.36. The number of aromatic hydroxyl groups is 1. The molecule has 11 nitrogen and oxygen atoms in total. The molecule has 0 saturated carbocycles. The molecule has 1 aliphatic rings. The lowest BCUT2D eigenvalue weighted by Gasteiger charge is -2.40. The maximum absolute atomic E-state index is 12.2. The van der Waals surface area contributed by atoms with E-state index in [0.29, 0.717) is 0 Å². The second-order valence-electron chi connectivity index (χ2n) is 7.02. The van der Waals surface area contributed by atoms with Crippen molar-refractivity contribution < 1.29 is 54.4 Å². The largest absolute Gasteiger partial charge is 0.508 e. The number of methoxy groups -OCH3 is 1. The first-order valence-electron chi connectivity index (χ1n) is 9.36. The Morgan fingerprint density at radius 1 is 1.20 bits per heavy atom. The molecule has 6 N–H and O–H groups in total. The molecule has 1 heterocycles. The van der Waals surface area contributed by atoms with Crippen LogP contribution < -0.4 is 9.47 Å². The van der Waals surface area contributed by atoms with Gasteiger partial charge in [-0.1, -0.05) is 6.92 Å². The number of rotatable bonds is 8. The minimum Gasteiger partial charge on any atom is -0.508 e. The van der Waals surface area contributed by atoms with Gasteiger partial charge in [-0.15, -0.1) is 0 Å². The Bertz CT molecular complexity index is 724. The predicted molar refractivity (Wildman–Crippen MR) is 99.8 cm³/mol. The minimum absolute atomic E-state index is 0.0770. The van der Waals surface area contributed by atoms with Gasteiger partial charge in [0.1, 0.15) is 36.8 Å². The second-order valence-corrected chi connectivity index (χ2v) is 7.02. The van der Waals surface area contributed by atoms with E-state index in [9.17, 15) is 35.4 Å². The quantitative estimate of drug-likeness (QED) is 0.268. The van der Waals surface area contributed by atoms with Crippen LogP contribution in [0.4, 0.5) is 0 Å². The van der Waals surface area contributed by atoms with Gasteiger partial charge in [0.25, 0.3) is 0 Å². The molecule has 1 aromatic carbocycles. The van der Waals surface area contributed by atoms with Crippen LogP contribution in [-0.4, -0.2) is 92.7 Å². The van der Waals surface area contributed by atoms with Crippen molar-refractivity contribution in [1.82, 2.24) is 0 Å². The Hall–Kier alpha value is -2.15. The summed E-state index contributed by atoms with van der Waals surface area (Å²) < 4.78 is 21.0. The Morgan fingerprint density at radius 3 is 2.43 bits per heavy atom. The van der Waals surface area contributed by atoms with Crippen LogP contribution >= 0.6 is 0 Å². The maximum atomic E-state index is 12.2. The summed E-state index contributed by atoms with van der Waals surface area (Å²) in [5.74, 6) is -1.02. The average molecular weight is 432 g/mol. The zero-order valence-electron chi connectivity index (χ0n) is 16.8. The Balaban J connectivity index is 2.12. The number of benzene rings is 1. The van der Waals surface area contributed by atoms with Gasteiger partial charge in [0.05, 0.1) is 13.2 Å². The van der Waals surface area contributed by atoms with Gasteiger partial charge in [-0.25, -0.2) is 4.79 Å². The number of phenols is 1. The molecular weight excluding hydrogens is 404 g/mol. The minimum atomic E-state index is -2.15. The molecule has 1 aliphatic heterocycles. The van der Waals surface area contributed by atoms with Crippen LogP contribution in [0.1, 0.15) is 20.3 Å². The topological polar surface area (TPSA) is 175 Å². The molecule has 0 amide bonds. The van der Waals surface area contributed by atoms with Gasteiger partial charge in [-0.2, -0.15) is 0 Å². The number of carbonyl (C=O) groups excluding carboxylic acids is 1. The summed E-state index contributed by atoms with van der Waals surface area (Å²) in [6.07, 6.45) is -9.30. The fourth-order valence-electron chi connectivity index (χ4n) is 2.92. The van der Waals surface area contributed by atoms with Gasteiger partial charge >= 0.3 is 5.97 Å². The number of carbonyl (C=O) groups is 1. The van der Waals surface area contributed by atoms with E-state index in [1.54, 1.807) is 0 Å². The lowest BCUT2D eigenvalue weighted by atomic mass is 9.95.